The maximum atomic E-state index is 12.4. The number of carbonyl (C=O) groups is 2. The van der Waals surface area contributed by atoms with Gasteiger partial charge in [0, 0.05) is 6.08 Å². The molecule has 0 amide bonds. The molecule has 0 aliphatic heterocycles. The number of aryl methyl sites for hydroxylation is 1. The molecule has 0 radical (unpaired) electrons. The molecule has 33 heavy (non-hydrogen) atoms. The van der Waals surface area contributed by atoms with Crippen LogP contribution in [0.15, 0.2) is 60.7 Å². The van der Waals surface area contributed by atoms with E-state index in [9.17, 15) is 9.59 Å². The lowest BCUT2D eigenvalue weighted by molar-refractivity contribution is -0.137. The highest BCUT2D eigenvalue weighted by Gasteiger charge is 2.09. The number of rotatable bonds is 15. The molecule has 2 aromatic rings. The van der Waals surface area contributed by atoms with Crippen molar-refractivity contribution in [1.82, 2.24) is 0 Å². The van der Waals surface area contributed by atoms with Gasteiger partial charge >= 0.3 is 11.9 Å². The Morgan fingerprint density at radius 3 is 2.12 bits per heavy atom. The largest absolute Gasteiger partial charge is 0.494 e. The molecule has 0 aliphatic rings. The van der Waals surface area contributed by atoms with Crippen molar-refractivity contribution in [2.75, 3.05) is 13.2 Å². The average Bonchev–Trinajstić information content (AvgIpc) is 2.82. The van der Waals surface area contributed by atoms with Gasteiger partial charge in [-0.25, -0.2) is 9.59 Å². The molecule has 178 valence electrons. The Balaban J connectivity index is 1.63. The van der Waals surface area contributed by atoms with Crippen molar-refractivity contribution in [3.05, 3.63) is 71.8 Å². The summed E-state index contributed by atoms with van der Waals surface area (Å²) in [6, 6.07) is 14.7. The summed E-state index contributed by atoms with van der Waals surface area (Å²) in [5.74, 6) is 0.610. The van der Waals surface area contributed by atoms with Crippen LogP contribution in [0.5, 0.6) is 11.5 Å². The predicted molar refractivity (Wildman–Crippen MR) is 131 cm³/mol. The van der Waals surface area contributed by atoms with Crippen LogP contribution < -0.4 is 9.47 Å². The minimum Gasteiger partial charge on any atom is -0.494 e. The second-order valence-electron chi connectivity index (χ2n) is 7.95. The molecule has 0 fully saturated rings. The molecule has 0 bridgehead atoms. The molecule has 5 nitrogen and oxygen atoms in total. The third-order valence-corrected chi connectivity index (χ3v) is 5.15. The zero-order valence-electron chi connectivity index (χ0n) is 19.9. The van der Waals surface area contributed by atoms with Gasteiger partial charge in [-0.1, -0.05) is 38.0 Å². The van der Waals surface area contributed by atoms with E-state index >= 15 is 0 Å². The highest BCUT2D eigenvalue weighted by Crippen LogP contribution is 2.18. The Bertz CT molecular complexity index is 853. The predicted octanol–water partition coefficient (Wildman–Crippen LogP) is 6.70. The van der Waals surface area contributed by atoms with Crippen LogP contribution in [-0.4, -0.2) is 25.2 Å². The van der Waals surface area contributed by atoms with Crippen LogP contribution in [0.4, 0.5) is 0 Å². The minimum absolute atomic E-state index is 0.288. The van der Waals surface area contributed by atoms with Crippen LogP contribution in [0.1, 0.15) is 74.7 Å². The van der Waals surface area contributed by atoms with E-state index in [1.165, 1.54) is 30.9 Å². The molecular formula is C28H36O5. The SMILES string of the molecule is C/C=C/C(=O)OCCCCCCOc1ccc(C(=O)Oc2ccc(CCCCC)cc2)cc1. The van der Waals surface area contributed by atoms with Crippen molar-refractivity contribution in [2.45, 2.75) is 65.2 Å². The number of ether oxygens (including phenoxy) is 3. The van der Waals surface area contributed by atoms with Gasteiger partial charge in [-0.15, -0.1) is 0 Å². The fraction of sp³-hybridized carbons (Fsp3) is 0.429. The number of esters is 2. The lowest BCUT2D eigenvalue weighted by Gasteiger charge is -2.08. The van der Waals surface area contributed by atoms with Crippen molar-refractivity contribution in [3.63, 3.8) is 0 Å². The van der Waals surface area contributed by atoms with Crippen LogP contribution in [0.25, 0.3) is 0 Å². The van der Waals surface area contributed by atoms with Crippen molar-refractivity contribution in [3.8, 4) is 11.5 Å². The maximum Gasteiger partial charge on any atom is 0.343 e. The van der Waals surface area contributed by atoms with E-state index in [1.54, 1.807) is 37.3 Å². The van der Waals surface area contributed by atoms with Crippen molar-refractivity contribution in [1.29, 1.82) is 0 Å². The number of hydrogen-bond acceptors (Lipinski definition) is 5. The summed E-state index contributed by atoms with van der Waals surface area (Å²) in [5.41, 5.74) is 1.75. The second kappa shape index (κ2) is 15.7. The first-order valence-corrected chi connectivity index (χ1v) is 12.0. The van der Waals surface area contributed by atoms with Gasteiger partial charge in [0.1, 0.15) is 11.5 Å². The quantitative estimate of drug-likeness (QED) is 0.130. The number of benzene rings is 2. The van der Waals surface area contributed by atoms with E-state index in [0.717, 1.165) is 37.9 Å². The van der Waals surface area contributed by atoms with Crippen LogP contribution in [0, 0.1) is 0 Å². The fourth-order valence-corrected chi connectivity index (χ4v) is 3.26. The van der Waals surface area contributed by atoms with Gasteiger partial charge in [0.25, 0.3) is 0 Å². The number of unbranched alkanes of at least 4 members (excludes halogenated alkanes) is 5. The molecule has 2 rings (SSSR count). The molecule has 0 saturated heterocycles. The van der Waals surface area contributed by atoms with Crippen molar-refractivity contribution in [2.24, 2.45) is 0 Å². The Hall–Kier alpha value is -3.08. The van der Waals surface area contributed by atoms with Crippen LogP contribution in [-0.2, 0) is 16.0 Å². The summed E-state index contributed by atoms with van der Waals surface area (Å²) in [7, 11) is 0. The third kappa shape index (κ3) is 10.9. The van der Waals surface area contributed by atoms with E-state index in [1.807, 2.05) is 24.3 Å². The van der Waals surface area contributed by atoms with Crippen molar-refractivity contribution < 1.29 is 23.8 Å². The molecule has 5 heteroatoms. The van der Waals surface area contributed by atoms with Gasteiger partial charge in [-0.2, -0.15) is 0 Å². The molecule has 0 N–H and O–H groups in total. The first kappa shape index (κ1) is 26.2. The van der Waals surface area contributed by atoms with E-state index in [2.05, 4.69) is 6.92 Å². The smallest absolute Gasteiger partial charge is 0.343 e. The summed E-state index contributed by atoms with van der Waals surface area (Å²) in [5, 5.41) is 0. The maximum absolute atomic E-state index is 12.4. The molecule has 0 saturated carbocycles. The van der Waals surface area contributed by atoms with Crippen LogP contribution >= 0.6 is 0 Å². The molecular weight excluding hydrogens is 416 g/mol. The molecule has 0 unspecified atom stereocenters. The monoisotopic (exact) mass is 452 g/mol. The highest BCUT2D eigenvalue weighted by molar-refractivity contribution is 5.91. The highest BCUT2D eigenvalue weighted by atomic mass is 16.5. The summed E-state index contributed by atoms with van der Waals surface area (Å²) in [4.78, 5) is 23.6. The molecule has 2 aromatic carbocycles. The number of carbonyl (C=O) groups excluding carboxylic acids is 2. The van der Waals surface area contributed by atoms with E-state index in [4.69, 9.17) is 14.2 Å². The average molecular weight is 453 g/mol. The van der Waals surface area contributed by atoms with Gasteiger partial charge in [-0.05, 0) is 87.4 Å². The Morgan fingerprint density at radius 2 is 1.45 bits per heavy atom. The minimum atomic E-state index is -0.379. The first-order valence-electron chi connectivity index (χ1n) is 12.0. The molecule has 0 spiro atoms. The summed E-state index contributed by atoms with van der Waals surface area (Å²) >= 11 is 0. The molecule has 0 aromatic heterocycles. The topological polar surface area (TPSA) is 61.8 Å². The molecule has 0 aliphatic carbocycles. The summed E-state index contributed by atoms with van der Waals surface area (Å²) in [6.45, 7) is 5.03. The number of allylic oxidation sites excluding steroid dienone is 1. The van der Waals surface area contributed by atoms with Crippen LogP contribution in [0.2, 0.25) is 0 Å². The van der Waals surface area contributed by atoms with E-state index in [-0.39, 0.29) is 11.9 Å². The van der Waals surface area contributed by atoms with Gasteiger partial charge in [-0.3, -0.25) is 0 Å². The molecule has 0 atom stereocenters. The van der Waals surface area contributed by atoms with E-state index < -0.39 is 0 Å². The Morgan fingerprint density at radius 1 is 0.788 bits per heavy atom. The van der Waals surface area contributed by atoms with Gasteiger partial charge in [0.2, 0.25) is 0 Å². The van der Waals surface area contributed by atoms with Gasteiger partial charge in [0.05, 0.1) is 18.8 Å². The van der Waals surface area contributed by atoms with E-state index in [0.29, 0.717) is 24.5 Å². The zero-order valence-corrected chi connectivity index (χ0v) is 19.9. The Labute approximate surface area is 197 Å². The number of hydrogen-bond donors (Lipinski definition) is 0. The van der Waals surface area contributed by atoms with Crippen LogP contribution in [0.3, 0.4) is 0 Å². The van der Waals surface area contributed by atoms with Crippen molar-refractivity contribution >= 4 is 11.9 Å². The Kier molecular flexibility index (Phi) is 12.4. The normalized spacial score (nSPS) is 10.8. The second-order valence-corrected chi connectivity index (χ2v) is 7.95. The summed E-state index contributed by atoms with van der Waals surface area (Å²) in [6.07, 6.45) is 11.5. The summed E-state index contributed by atoms with van der Waals surface area (Å²) < 4.78 is 16.3. The molecule has 0 heterocycles. The fourth-order valence-electron chi connectivity index (χ4n) is 3.26. The third-order valence-electron chi connectivity index (χ3n) is 5.15. The lowest BCUT2D eigenvalue weighted by Crippen LogP contribution is -2.08. The zero-order chi connectivity index (χ0) is 23.7. The first-order chi connectivity index (χ1) is 16.1. The standard InChI is InChI=1S/C28H36O5/c1-3-5-8-12-23-13-17-26(18-14-23)33-28(30)24-15-19-25(20-16-24)31-21-9-6-7-10-22-32-27(29)11-4-2/h4,11,13-20H,3,5-10,12,21-22H2,1-2H3/b11-4+. The van der Waals surface area contributed by atoms with Gasteiger partial charge in [0.15, 0.2) is 0 Å². The van der Waals surface area contributed by atoms with Gasteiger partial charge < -0.3 is 14.2 Å². The lowest BCUT2D eigenvalue weighted by atomic mass is 10.1.